The predicted octanol–water partition coefficient (Wildman–Crippen LogP) is 4.27. The summed E-state index contributed by atoms with van der Waals surface area (Å²) in [6, 6.07) is 7.31. The fraction of sp³-hybridized carbons (Fsp3) is 0.292. The number of hydrogen-bond donors (Lipinski definition) is 2. The highest BCUT2D eigenvalue weighted by molar-refractivity contribution is 7.15. The number of nitrogens with zero attached hydrogens (tertiary/aromatic N) is 5. The number of hydrogen-bond acceptors (Lipinski definition) is 6. The summed E-state index contributed by atoms with van der Waals surface area (Å²) in [7, 11) is 0. The van der Waals surface area contributed by atoms with Gasteiger partial charge in [-0.1, -0.05) is 23.7 Å². The second kappa shape index (κ2) is 9.15. The van der Waals surface area contributed by atoms with Crippen LogP contribution in [-0.4, -0.2) is 42.9 Å². The van der Waals surface area contributed by atoms with Gasteiger partial charge in [-0.3, -0.25) is 14.4 Å². The smallest absolute Gasteiger partial charge is 0.220 e. The monoisotopic (exact) mass is 493 g/mol. The molecule has 1 aliphatic rings. The average Bonchev–Trinajstić information content (AvgIpc) is 3.52. The molecule has 1 amide bonds. The van der Waals surface area contributed by atoms with Crippen LogP contribution in [0.1, 0.15) is 51.5 Å². The lowest BCUT2D eigenvalue weighted by atomic mass is 10.00. The number of aryl methyl sites for hydroxylation is 3. The van der Waals surface area contributed by atoms with E-state index in [-0.39, 0.29) is 5.91 Å². The van der Waals surface area contributed by atoms with Crippen LogP contribution in [0.15, 0.2) is 41.7 Å². The third-order valence-electron chi connectivity index (χ3n) is 5.99. The fourth-order valence-electron chi connectivity index (χ4n) is 4.10. The molecule has 8 nitrogen and oxygen atoms in total. The molecule has 0 spiro atoms. The molecule has 174 valence electrons. The number of aliphatic imine (C=N–C) groups is 1. The lowest BCUT2D eigenvalue weighted by Crippen LogP contribution is -2.29. The normalized spacial score (nSPS) is 14.8. The molecule has 0 radical (unpaired) electrons. The molecule has 0 saturated heterocycles. The summed E-state index contributed by atoms with van der Waals surface area (Å²) in [5.41, 5.74) is 4.09. The zero-order chi connectivity index (χ0) is 23.8. The summed E-state index contributed by atoms with van der Waals surface area (Å²) in [4.78, 5) is 26.2. The molecule has 5 rings (SSSR count). The molecule has 1 unspecified atom stereocenters. The van der Waals surface area contributed by atoms with Gasteiger partial charge in [0, 0.05) is 52.8 Å². The standard InChI is InChI=1S/C24H24ClN7OS/c1-13-14(2)34-24-21(13)22(16-4-6-17(25)7-5-16)29-18(23-31-30-15(3)32(23)24)12-28-20(33)9-8-19-26-10-11-27-19/h4-7,10-11,18H,8-9,12H2,1-3H3,(H,26,27)(H,28,33). The van der Waals surface area contributed by atoms with Crippen molar-refractivity contribution in [1.82, 2.24) is 30.0 Å². The number of benzene rings is 1. The lowest BCUT2D eigenvalue weighted by molar-refractivity contribution is -0.121. The van der Waals surface area contributed by atoms with Gasteiger partial charge in [0.05, 0.1) is 5.71 Å². The number of carbonyl (C=O) groups is 1. The Labute approximate surface area is 206 Å². The van der Waals surface area contributed by atoms with E-state index in [9.17, 15) is 4.79 Å². The number of amides is 1. The molecule has 34 heavy (non-hydrogen) atoms. The fourth-order valence-corrected chi connectivity index (χ4v) is 5.44. The Balaban J connectivity index is 1.51. The Morgan fingerprint density at radius 2 is 2.00 bits per heavy atom. The van der Waals surface area contributed by atoms with Crippen LogP contribution in [0.2, 0.25) is 5.02 Å². The Morgan fingerprint density at radius 3 is 2.74 bits per heavy atom. The third kappa shape index (κ3) is 4.17. The van der Waals surface area contributed by atoms with Gasteiger partial charge in [-0.05, 0) is 38.5 Å². The third-order valence-corrected chi connectivity index (χ3v) is 7.44. The number of imidazole rings is 1. The van der Waals surface area contributed by atoms with E-state index in [0.29, 0.717) is 24.4 Å². The Bertz CT molecular complexity index is 1370. The summed E-state index contributed by atoms with van der Waals surface area (Å²) in [6.07, 6.45) is 4.33. The first-order valence-electron chi connectivity index (χ1n) is 11.0. The highest BCUT2D eigenvalue weighted by atomic mass is 35.5. The molecule has 0 saturated carbocycles. The predicted molar refractivity (Wildman–Crippen MR) is 133 cm³/mol. The minimum absolute atomic E-state index is 0.0616. The molecule has 1 aromatic carbocycles. The van der Waals surface area contributed by atoms with Gasteiger partial charge in [0.2, 0.25) is 5.91 Å². The highest BCUT2D eigenvalue weighted by Gasteiger charge is 2.31. The van der Waals surface area contributed by atoms with E-state index < -0.39 is 6.04 Å². The van der Waals surface area contributed by atoms with Crippen LogP contribution in [-0.2, 0) is 11.2 Å². The van der Waals surface area contributed by atoms with Crippen LogP contribution in [0.3, 0.4) is 0 Å². The summed E-state index contributed by atoms with van der Waals surface area (Å²) in [5.74, 6) is 2.24. The van der Waals surface area contributed by atoms with Crippen LogP contribution in [0.5, 0.6) is 0 Å². The molecular formula is C24H24ClN7OS. The van der Waals surface area contributed by atoms with E-state index in [1.807, 2.05) is 31.2 Å². The van der Waals surface area contributed by atoms with Crippen molar-refractivity contribution in [3.05, 3.63) is 80.7 Å². The van der Waals surface area contributed by atoms with E-state index in [1.165, 1.54) is 10.4 Å². The molecule has 2 N–H and O–H groups in total. The molecule has 1 atom stereocenters. The Hall–Kier alpha value is -3.30. The maximum Gasteiger partial charge on any atom is 0.220 e. The topological polar surface area (TPSA) is 101 Å². The molecule has 3 aromatic heterocycles. The maximum absolute atomic E-state index is 12.6. The molecule has 4 heterocycles. The number of aromatic amines is 1. The molecule has 0 bridgehead atoms. The van der Waals surface area contributed by atoms with Crippen molar-refractivity contribution >= 4 is 34.6 Å². The van der Waals surface area contributed by atoms with Gasteiger partial charge in [0.25, 0.3) is 0 Å². The zero-order valence-corrected chi connectivity index (χ0v) is 20.7. The van der Waals surface area contributed by atoms with Crippen LogP contribution in [0.4, 0.5) is 0 Å². The van der Waals surface area contributed by atoms with Gasteiger partial charge in [-0.25, -0.2) is 4.98 Å². The number of H-pyrrole nitrogens is 1. The largest absolute Gasteiger partial charge is 0.353 e. The van der Waals surface area contributed by atoms with Crippen LogP contribution in [0, 0.1) is 20.8 Å². The molecule has 10 heteroatoms. The van der Waals surface area contributed by atoms with Gasteiger partial charge >= 0.3 is 0 Å². The van der Waals surface area contributed by atoms with Gasteiger partial charge in [0.1, 0.15) is 22.7 Å². The second-order valence-corrected chi connectivity index (χ2v) is 9.88. The van der Waals surface area contributed by atoms with Crippen molar-refractivity contribution in [2.45, 2.75) is 39.7 Å². The number of nitrogens with one attached hydrogen (secondary N) is 2. The second-order valence-electron chi connectivity index (χ2n) is 8.24. The molecule has 4 aromatic rings. The van der Waals surface area contributed by atoms with Crippen molar-refractivity contribution < 1.29 is 4.79 Å². The highest BCUT2D eigenvalue weighted by Crippen LogP contribution is 2.38. The average molecular weight is 494 g/mol. The van der Waals surface area contributed by atoms with E-state index in [0.717, 1.165) is 39.3 Å². The first-order valence-corrected chi connectivity index (χ1v) is 12.2. The zero-order valence-electron chi connectivity index (χ0n) is 19.1. The summed E-state index contributed by atoms with van der Waals surface area (Å²) < 4.78 is 2.08. The van der Waals surface area contributed by atoms with Gasteiger partial charge in [-0.15, -0.1) is 21.5 Å². The Kier molecular flexibility index (Phi) is 6.05. The van der Waals surface area contributed by atoms with E-state index in [1.54, 1.807) is 23.7 Å². The molecule has 0 aliphatic carbocycles. The molecule has 0 fully saturated rings. The summed E-state index contributed by atoms with van der Waals surface area (Å²) in [5, 5.41) is 13.6. The molecule has 1 aliphatic heterocycles. The Morgan fingerprint density at radius 1 is 1.21 bits per heavy atom. The van der Waals surface area contributed by atoms with Gasteiger partial charge < -0.3 is 10.3 Å². The van der Waals surface area contributed by atoms with Crippen molar-refractivity contribution in [1.29, 1.82) is 0 Å². The van der Waals surface area contributed by atoms with E-state index in [2.05, 4.69) is 43.9 Å². The maximum atomic E-state index is 12.6. The minimum Gasteiger partial charge on any atom is -0.353 e. The number of rotatable bonds is 6. The van der Waals surface area contributed by atoms with E-state index >= 15 is 0 Å². The number of carbonyl (C=O) groups excluding carboxylic acids is 1. The SMILES string of the molecule is Cc1sc2c(c1C)C(c1ccc(Cl)cc1)=NC(CNC(=O)CCc1ncc[nH]1)c1nnc(C)n1-2. The number of fused-ring (bicyclic) bond motifs is 3. The summed E-state index contributed by atoms with van der Waals surface area (Å²) in [6.45, 7) is 6.49. The van der Waals surface area contributed by atoms with Crippen molar-refractivity contribution in [3.8, 4) is 5.00 Å². The van der Waals surface area contributed by atoms with Gasteiger partial charge in [0.15, 0.2) is 5.82 Å². The van der Waals surface area contributed by atoms with Crippen LogP contribution < -0.4 is 5.32 Å². The van der Waals surface area contributed by atoms with Crippen LogP contribution in [0.25, 0.3) is 5.00 Å². The quantitative estimate of drug-likeness (QED) is 0.418. The lowest BCUT2D eigenvalue weighted by Gasteiger charge is -2.14. The first kappa shape index (κ1) is 22.5. The number of aromatic nitrogens is 5. The molecular weight excluding hydrogens is 470 g/mol. The van der Waals surface area contributed by atoms with Crippen molar-refractivity contribution in [3.63, 3.8) is 0 Å². The van der Waals surface area contributed by atoms with Crippen LogP contribution >= 0.6 is 22.9 Å². The minimum atomic E-state index is -0.390. The number of thiophene rings is 1. The summed E-state index contributed by atoms with van der Waals surface area (Å²) >= 11 is 7.86. The van der Waals surface area contributed by atoms with Gasteiger partial charge in [-0.2, -0.15) is 0 Å². The van der Waals surface area contributed by atoms with Crippen molar-refractivity contribution in [2.75, 3.05) is 6.54 Å². The van der Waals surface area contributed by atoms with E-state index in [4.69, 9.17) is 16.6 Å². The van der Waals surface area contributed by atoms with Crippen molar-refractivity contribution in [2.24, 2.45) is 4.99 Å². The number of halogens is 1. The first-order chi connectivity index (χ1) is 16.4.